The van der Waals surface area contributed by atoms with E-state index in [2.05, 4.69) is 33.9 Å². The maximum atomic E-state index is 14.7. The number of amides is 1. The first kappa shape index (κ1) is 29.6. The summed E-state index contributed by atoms with van der Waals surface area (Å²) >= 11 is 0. The Morgan fingerprint density at radius 1 is 1.14 bits per heavy atom. The minimum Gasteiger partial charge on any atom is -0.476 e. The van der Waals surface area contributed by atoms with Gasteiger partial charge < -0.3 is 25.0 Å². The minimum atomic E-state index is -0.913. The second-order valence-corrected chi connectivity index (χ2v) is 13.4. The molecule has 9 heteroatoms. The third-order valence-corrected chi connectivity index (χ3v) is 10.3. The van der Waals surface area contributed by atoms with Gasteiger partial charge in [0.15, 0.2) is 11.6 Å². The standard InChI is InChI=1S/C34H44FN5O3/c1-24(2)34(13-12-27(35)18-29(34)26-6-4-3-5-7-26)43-30-19-36-23-37-31(30)40-17-15-33(22-40)14-16-39(21-33)20-25-8-10-28(11-9-25)38-32(41)42/h3-7,12-13,18-19,23-25,28-29,38H,8-11,14-17,20-22H2,1-2H3,(H,41,42). The van der Waals surface area contributed by atoms with Crippen LogP contribution in [0.5, 0.6) is 5.75 Å². The molecule has 230 valence electrons. The summed E-state index contributed by atoms with van der Waals surface area (Å²) in [5.74, 6) is 1.58. The highest BCUT2D eigenvalue weighted by atomic mass is 19.1. The van der Waals surface area contributed by atoms with Gasteiger partial charge >= 0.3 is 6.09 Å². The number of rotatable bonds is 8. The van der Waals surface area contributed by atoms with E-state index in [1.807, 2.05) is 36.4 Å². The molecule has 8 nitrogen and oxygen atoms in total. The molecule has 0 radical (unpaired) electrons. The van der Waals surface area contributed by atoms with Crippen LogP contribution in [0.4, 0.5) is 15.0 Å². The summed E-state index contributed by atoms with van der Waals surface area (Å²) in [5, 5.41) is 11.7. The molecule has 1 amide bonds. The van der Waals surface area contributed by atoms with Crippen LogP contribution in [0.1, 0.15) is 63.9 Å². The Morgan fingerprint density at radius 3 is 2.65 bits per heavy atom. The van der Waals surface area contributed by atoms with E-state index >= 15 is 0 Å². The van der Waals surface area contributed by atoms with Crippen molar-refractivity contribution in [3.63, 3.8) is 0 Å². The van der Waals surface area contributed by atoms with Crippen molar-refractivity contribution in [2.45, 2.75) is 69.9 Å². The number of nitrogens with one attached hydrogen (secondary N) is 1. The van der Waals surface area contributed by atoms with Gasteiger partial charge in [-0.2, -0.15) is 0 Å². The number of aromatic nitrogens is 2. The molecule has 6 rings (SSSR count). The van der Waals surface area contributed by atoms with E-state index < -0.39 is 11.7 Å². The lowest BCUT2D eigenvalue weighted by molar-refractivity contribution is 0.0530. The van der Waals surface area contributed by atoms with Crippen LogP contribution in [0.25, 0.3) is 0 Å². The van der Waals surface area contributed by atoms with E-state index in [0.717, 1.165) is 76.2 Å². The zero-order valence-corrected chi connectivity index (χ0v) is 25.3. The van der Waals surface area contributed by atoms with Crippen molar-refractivity contribution in [2.75, 3.05) is 37.6 Å². The van der Waals surface area contributed by atoms with Gasteiger partial charge in [-0.05, 0) is 80.7 Å². The van der Waals surface area contributed by atoms with E-state index in [-0.39, 0.29) is 29.1 Å². The highest BCUT2D eigenvalue weighted by Gasteiger charge is 2.47. The molecule has 2 saturated heterocycles. The van der Waals surface area contributed by atoms with Crippen LogP contribution >= 0.6 is 0 Å². The van der Waals surface area contributed by atoms with Gasteiger partial charge in [-0.1, -0.05) is 44.2 Å². The normalized spacial score (nSPS) is 31.0. The lowest BCUT2D eigenvalue weighted by Crippen LogP contribution is -2.46. The predicted octanol–water partition coefficient (Wildman–Crippen LogP) is 6.19. The maximum absolute atomic E-state index is 14.7. The Hall–Kier alpha value is -3.46. The van der Waals surface area contributed by atoms with Crippen molar-refractivity contribution in [1.82, 2.24) is 20.2 Å². The van der Waals surface area contributed by atoms with Crippen molar-refractivity contribution < 1.29 is 19.0 Å². The van der Waals surface area contributed by atoms with Crippen LogP contribution in [0, 0.1) is 17.3 Å². The average molecular weight is 590 g/mol. The third kappa shape index (κ3) is 6.28. The Bertz CT molecular complexity index is 1340. The molecule has 3 unspecified atom stereocenters. The van der Waals surface area contributed by atoms with Crippen LogP contribution in [0.3, 0.4) is 0 Å². The second kappa shape index (κ2) is 12.3. The number of allylic oxidation sites excluding steroid dienone is 2. The molecule has 3 atom stereocenters. The fourth-order valence-corrected chi connectivity index (χ4v) is 7.91. The molecule has 4 aliphatic rings. The smallest absolute Gasteiger partial charge is 0.404 e. The molecule has 43 heavy (non-hydrogen) atoms. The predicted molar refractivity (Wildman–Crippen MR) is 165 cm³/mol. The van der Waals surface area contributed by atoms with E-state index in [0.29, 0.717) is 11.7 Å². The minimum absolute atomic E-state index is 0.0506. The molecule has 3 fully saturated rings. The molecule has 2 aliphatic carbocycles. The van der Waals surface area contributed by atoms with Crippen molar-refractivity contribution in [2.24, 2.45) is 17.3 Å². The largest absolute Gasteiger partial charge is 0.476 e. The van der Waals surface area contributed by atoms with E-state index in [1.165, 1.54) is 12.5 Å². The molecule has 1 spiro atoms. The van der Waals surface area contributed by atoms with Crippen LogP contribution in [-0.4, -0.2) is 70.4 Å². The van der Waals surface area contributed by atoms with Crippen molar-refractivity contribution >= 4 is 11.9 Å². The molecular weight excluding hydrogens is 545 g/mol. The number of benzene rings is 1. The number of hydrogen-bond acceptors (Lipinski definition) is 6. The van der Waals surface area contributed by atoms with Crippen molar-refractivity contribution in [3.8, 4) is 5.75 Å². The summed E-state index contributed by atoms with van der Waals surface area (Å²) < 4.78 is 21.6. The monoisotopic (exact) mass is 589 g/mol. The molecule has 2 aromatic rings. The lowest BCUT2D eigenvalue weighted by Gasteiger charge is -2.43. The summed E-state index contributed by atoms with van der Waals surface area (Å²) in [5.41, 5.74) is 0.437. The number of anilines is 1. The number of likely N-dealkylation sites (tertiary alicyclic amines) is 1. The number of nitrogens with zero attached hydrogens (tertiary/aromatic N) is 4. The van der Waals surface area contributed by atoms with E-state index in [1.54, 1.807) is 18.6 Å². The van der Waals surface area contributed by atoms with Crippen molar-refractivity contribution in [3.05, 3.63) is 72.5 Å². The van der Waals surface area contributed by atoms with Gasteiger partial charge in [0.2, 0.25) is 0 Å². The summed E-state index contributed by atoms with van der Waals surface area (Å²) in [7, 11) is 0. The fraction of sp³-hybridized carbons (Fsp3) is 0.559. The summed E-state index contributed by atoms with van der Waals surface area (Å²) in [4.78, 5) is 25.1. The number of carbonyl (C=O) groups is 1. The zero-order valence-electron chi connectivity index (χ0n) is 25.3. The first-order valence-corrected chi connectivity index (χ1v) is 15.8. The Labute approximate surface area is 254 Å². The fourth-order valence-electron chi connectivity index (χ4n) is 7.91. The molecule has 3 heterocycles. The quantitative estimate of drug-likeness (QED) is 0.380. The highest BCUT2D eigenvalue weighted by molar-refractivity contribution is 5.64. The molecule has 0 bridgehead atoms. The van der Waals surface area contributed by atoms with Crippen LogP contribution in [0.2, 0.25) is 0 Å². The maximum Gasteiger partial charge on any atom is 0.404 e. The SMILES string of the molecule is CC(C)C1(Oc2cncnc2N2CCC3(CCN(CC4CCC(NC(=O)O)CC4)C3)C2)C=CC(F)=CC1c1ccccc1. The first-order valence-electron chi connectivity index (χ1n) is 15.8. The van der Waals surface area contributed by atoms with Crippen LogP contribution in [0.15, 0.2) is 66.9 Å². The lowest BCUT2D eigenvalue weighted by atomic mass is 9.72. The summed E-state index contributed by atoms with van der Waals surface area (Å²) in [6.45, 7) is 9.35. The van der Waals surface area contributed by atoms with E-state index in [9.17, 15) is 9.18 Å². The van der Waals surface area contributed by atoms with Gasteiger partial charge in [0.1, 0.15) is 17.8 Å². The topological polar surface area (TPSA) is 90.8 Å². The molecular formula is C34H44FN5O3. The second-order valence-electron chi connectivity index (χ2n) is 13.4. The van der Waals surface area contributed by atoms with Gasteiger partial charge in [-0.3, -0.25) is 0 Å². The third-order valence-electron chi connectivity index (χ3n) is 10.3. The molecule has 1 aromatic carbocycles. The average Bonchev–Trinajstić information content (AvgIpc) is 3.60. The van der Waals surface area contributed by atoms with Gasteiger partial charge in [0.25, 0.3) is 0 Å². The van der Waals surface area contributed by atoms with Crippen LogP contribution in [-0.2, 0) is 0 Å². The van der Waals surface area contributed by atoms with Gasteiger partial charge in [0.05, 0.1) is 6.20 Å². The van der Waals surface area contributed by atoms with Gasteiger partial charge in [-0.25, -0.2) is 19.2 Å². The molecule has 1 aromatic heterocycles. The number of carboxylic acid groups (broad SMARTS) is 1. The first-order chi connectivity index (χ1) is 20.8. The Balaban J connectivity index is 1.15. The summed E-state index contributed by atoms with van der Waals surface area (Å²) in [6.07, 6.45) is 13.8. The van der Waals surface area contributed by atoms with Gasteiger partial charge in [0, 0.05) is 43.6 Å². The molecule has 1 saturated carbocycles. The zero-order chi connectivity index (χ0) is 30.0. The highest BCUT2D eigenvalue weighted by Crippen LogP contribution is 2.47. The van der Waals surface area contributed by atoms with Crippen LogP contribution < -0.4 is 15.0 Å². The Kier molecular flexibility index (Phi) is 8.45. The number of ether oxygens (including phenoxy) is 1. The van der Waals surface area contributed by atoms with Crippen molar-refractivity contribution in [1.29, 1.82) is 0 Å². The number of hydrogen-bond donors (Lipinski definition) is 2. The Morgan fingerprint density at radius 2 is 1.91 bits per heavy atom. The van der Waals surface area contributed by atoms with Gasteiger partial charge in [-0.15, -0.1) is 0 Å². The molecule has 2 N–H and O–H groups in total. The summed E-state index contributed by atoms with van der Waals surface area (Å²) in [6, 6.07) is 10.1. The van der Waals surface area contributed by atoms with E-state index in [4.69, 9.17) is 14.8 Å². The molecule has 2 aliphatic heterocycles. The number of halogens is 1.